The minimum atomic E-state index is -0.975. The summed E-state index contributed by atoms with van der Waals surface area (Å²) in [4.78, 5) is 11.0. The summed E-state index contributed by atoms with van der Waals surface area (Å²) in [5.74, 6) is 0.153. The highest BCUT2D eigenvalue weighted by Gasteiger charge is 2.12. The molecule has 0 atom stereocenters. The number of carboxylic acids is 1. The van der Waals surface area contributed by atoms with E-state index in [1.807, 2.05) is 0 Å². The number of nitrogens with zero attached hydrogens (tertiary/aromatic N) is 1. The van der Waals surface area contributed by atoms with Crippen LogP contribution in [0.15, 0.2) is 28.8 Å². The third-order valence-corrected chi connectivity index (χ3v) is 2.78. The van der Waals surface area contributed by atoms with Crippen LogP contribution in [0.5, 0.6) is 5.75 Å². The highest BCUT2D eigenvalue weighted by Crippen LogP contribution is 2.22. The number of rotatable bonds is 6. The van der Waals surface area contributed by atoms with E-state index in [9.17, 15) is 4.79 Å². The molecule has 20 heavy (non-hydrogen) atoms. The van der Waals surface area contributed by atoms with Gasteiger partial charge in [0.15, 0.2) is 5.76 Å². The fourth-order valence-corrected chi connectivity index (χ4v) is 1.79. The lowest BCUT2D eigenvalue weighted by Gasteiger charge is -2.09. The number of ether oxygens (including phenoxy) is 2. The zero-order chi connectivity index (χ0) is 14.5. The predicted octanol–water partition coefficient (Wildman–Crippen LogP) is 2.41. The second-order valence-corrected chi connectivity index (χ2v) is 4.24. The Balaban J connectivity index is 2.06. The summed E-state index contributed by atoms with van der Waals surface area (Å²) in [5.41, 5.74) is 1.43. The van der Waals surface area contributed by atoms with Crippen LogP contribution in [0.25, 0.3) is 0 Å². The molecule has 1 N–H and O–H groups in total. The van der Waals surface area contributed by atoms with Gasteiger partial charge in [-0.1, -0.05) is 11.2 Å². The molecule has 1 aromatic heterocycles. The second-order valence-electron chi connectivity index (χ2n) is 4.24. The number of carbonyl (C=O) groups is 1. The first kappa shape index (κ1) is 14.1. The molecule has 2 aromatic rings. The molecule has 0 saturated heterocycles. The summed E-state index contributed by atoms with van der Waals surface area (Å²) >= 11 is 0. The third-order valence-electron chi connectivity index (χ3n) is 2.78. The van der Waals surface area contributed by atoms with Crippen molar-refractivity contribution >= 4 is 5.97 Å². The number of carboxylic acid groups (broad SMARTS) is 1. The maximum Gasteiger partial charge on any atom is 0.336 e. The zero-order valence-corrected chi connectivity index (χ0v) is 11.3. The molecule has 0 saturated carbocycles. The van der Waals surface area contributed by atoms with Gasteiger partial charge in [0.1, 0.15) is 24.7 Å². The number of aromatic nitrogens is 1. The normalized spacial score (nSPS) is 10.5. The number of hydrogen-bond acceptors (Lipinski definition) is 5. The van der Waals surface area contributed by atoms with E-state index in [2.05, 4.69) is 5.16 Å². The average molecular weight is 277 g/mol. The molecular formula is C14H15NO5. The Morgan fingerprint density at radius 1 is 1.40 bits per heavy atom. The van der Waals surface area contributed by atoms with Crippen molar-refractivity contribution in [3.8, 4) is 5.75 Å². The molecule has 0 aliphatic rings. The van der Waals surface area contributed by atoms with Crippen molar-refractivity contribution in [3.63, 3.8) is 0 Å². The van der Waals surface area contributed by atoms with Crippen molar-refractivity contribution in [2.24, 2.45) is 0 Å². The first-order chi connectivity index (χ1) is 9.61. The van der Waals surface area contributed by atoms with Gasteiger partial charge >= 0.3 is 5.97 Å². The van der Waals surface area contributed by atoms with Crippen LogP contribution >= 0.6 is 0 Å². The number of hydrogen-bond donors (Lipinski definition) is 1. The van der Waals surface area contributed by atoms with Gasteiger partial charge in [-0.15, -0.1) is 0 Å². The monoisotopic (exact) mass is 277 g/mol. The molecule has 6 nitrogen and oxygen atoms in total. The molecule has 2 rings (SSSR count). The zero-order valence-electron chi connectivity index (χ0n) is 11.3. The second kappa shape index (κ2) is 6.21. The van der Waals surface area contributed by atoms with E-state index in [4.69, 9.17) is 19.1 Å². The van der Waals surface area contributed by atoms with Crippen LogP contribution in [-0.2, 0) is 18.0 Å². The Labute approximate surface area is 115 Å². The van der Waals surface area contributed by atoms with Gasteiger partial charge in [0.2, 0.25) is 0 Å². The van der Waals surface area contributed by atoms with E-state index in [0.717, 1.165) is 0 Å². The number of benzene rings is 1. The molecule has 0 bridgehead atoms. The Kier molecular flexibility index (Phi) is 4.37. The van der Waals surface area contributed by atoms with Crippen molar-refractivity contribution in [2.75, 3.05) is 7.11 Å². The molecule has 1 aromatic carbocycles. The molecule has 0 unspecified atom stereocenters. The van der Waals surface area contributed by atoms with E-state index < -0.39 is 5.97 Å². The molecular weight excluding hydrogens is 262 g/mol. The molecule has 0 aliphatic heterocycles. The third kappa shape index (κ3) is 3.16. The molecule has 0 amide bonds. The van der Waals surface area contributed by atoms with Gasteiger partial charge in [-0.05, 0) is 19.1 Å². The van der Waals surface area contributed by atoms with Crippen molar-refractivity contribution in [3.05, 3.63) is 46.8 Å². The van der Waals surface area contributed by atoms with Crippen LogP contribution in [0, 0.1) is 6.92 Å². The Bertz CT molecular complexity index is 605. The van der Waals surface area contributed by atoms with E-state index in [-0.39, 0.29) is 12.2 Å². The van der Waals surface area contributed by atoms with Gasteiger partial charge in [-0.3, -0.25) is 0 Å². The van der Waals surface area contributed by atoms with Crippen molar-refractivity contribution in [1.82, 2.24) is 5.16 Å². The van der Waals surface area contributed by atoms with Crippen LogP contribution in [0.3, 0.4) is 0 Å². The largest absolute Gasteiger partial charge is 0.487 e. The fourth-order valence-electron chi connectivity index (χ4n) is 1.79. The van der Waals surface area contributed by atoms with Crippen molar-refractivity contribution < 1.29 is 23.9 Å². The van der Waals surface area contributed by atoms with Gasteiger partial charge < -0.3 is 19.1 Å². The summed E-state index contributed by atoms with van der Waals surface area (Å²) in [6, 6.07) is 6.64. The maximum absolute atomic E-state index is 11.0. The predicted molar refractivity (Wildman–Crippen MR) is 69.7 cm³/mol. The lowest BCUT2D eigenvalue weighted by Crippen LogP contribution is -2.03. The van der Waals surface area contributed by atoms with Gasteiger partial charge in [-0.2, -0.15) is 0 Å². The molecule has 106 valence electrons. The molecule has 6 heteroatoms. The molecule has 0 spiro atoms. The Morgan fingerprint density at radius 2 is 2.20 bits per heavy atom. The lowest BCUT2D eigenvalue weighted by atomic mass is 10.1. The van der Waals surface area contributed by atoms with Crippen LogP contribution < -0.4 is 4.74 Å². The summed E-state index contributed by atoms with van der Waals surface area (Å²) in [6.07, 6.45) is 0. The minimum absolute atomic E-state index is 0.205. The van der Waals surface area contributed by atoms with E-state index in [1.165, 1.54) is 6.07 Å². The smallest absolute Gasteiger partial charge is 0.336 e. The molecule has 1 heterocycles. The van der Waals surface area contributed by atoms with Crippen LogP contribution in [-0.4, -0.2) is 23.3 Å². The van der Waals surface area contributed by atoms with E-state index in [0.29, 0.717) is 29.4 Å². The summed E-state index contributed by atoms with van der Waals surface area (Å²) < 4.78 is 15.5. The lowest BCUT2D eigenvalue weighted by molar-refractivity contribution is 0.0695. The molecule has 0 aliphatic carbocycles. The van der Waals surface area contributed by atoms with Gasteiger partial charge in [-0.25, -0.2) is 4.79 Å². The Morgan fingerprint density at radius 3 is 2.90 bits per heavy atom. The summed E-state index contributed by atoms with van der Waals surface area (Å²) in [6.45, 7) is 2.26. The highest BCUT2D eigenvalue weighted by atomic mass is 16.5. The first-order valence-electron chi connectivity index (χ1n) is 6.01. The SMILES string of the molecule is COCc1cc(COc2cccc(C(=O)O)c2C)no1. The first-order valence-corrected chi connectivity index (χ1v) is 6.01. The average Bonchev–Trinajstić information content (AvgIpc) is 2.85. The molecule has 0 fully saturated rings. The quantitative estimate of drug-likeness (QED) is 0.873. The maximum atomic E-state index is 11.0. The highest BCUT2D eigenvalue weighted by molar-refractivity contribution is 5.90. The topological polar surface area (TPSA) is 81.8 Å². The van der Waals surface area contributed by atoms with Crippen LogP contribution in [0.1, 0.15) is 27.4 Å². The minimum Gasteiger partial charge on any atom is -0.487 e. The van der Waals surface area contributed by atoms with E-state index in [1.54, 1.807) is 32.2 Å². The Hall–Kier alpha value is -2.34. The standard InChI is InChI=1S/C14H15NO5/c1-9-12(14(16)17)4-3-5-13(9)19-7-10-6-11(8-18-2)20-15-10/h3-6H,7-8H2,1-2H3,(H,16,17). The van der Waals surface area contributed by atoms with Crippen molar-refractivity contribution in [1.29, 1.82) is 0 Å². The number of aromatic carboxylic acids is 1. The number of methoxy groups -OCH3 is 1. The summed E-state index contributed by atoms with van der Waals surface area (Å²) in [7, 11) is 1.57. The fraction of sp³-hybridized carbons (Fsp3) is 0.286. The summed E-state index contributed by atoms with van der Waals surface area (Å²) in [5, 5.41) is 12.9. The van der Waals surface area contributed by atoms with Gasteiger partial charge in [0, 0.05) is 18.7 Å². The van der Waals surface area contributed by atoms with Gasteiger partial charge in [0.05, 0.1) is 5.56 Å². The van der Waals surface area contributed by atoms with Crippen LogP contribution in [0.4, 0.5) is 0 Å². The van der Waals surface area contributed by atoms with E-state index >= 15 is 0 Å². The van der Waals surface area contributed by atoms with Crippen molar-refractivity contribution in [2.45, 2.75) is 20.1 Å². The molecule has 0 radical (unpaired) electrons. The van der Waals surface area contributed by atoms with Crippen LogP contribution in [0.2, 0.25) is 0 Å². The van der Waals surface area contributed by atoms with Gasteiger partial charge in [0.25, 0.3) is 0 Å².